The molecule has 0 aliphatic heterocycles. The normalized spacial score (nSPS) is 11.5. The number of nitrogens with one attached hydrogen (secondary N) is 2. The number of thiophene rings is 1. The Kier molecular flexibility index (Phi) is 7.53. The van der Waals surface area contributed by atoms with Gasteiger partial charge in [-0.25, -0.2) is 5.43 Å². The number of benzene rings is 1. The molecule has 2 amide bonds. The molecule has 1 heterocycles. The minimum absolute atomic E-state index is 0.0385. The van der Waals surface area contributed by atoms with E-state index in [2.05, 4.69) is 15.8 Å². The molecule has 0 spiro atoms. The lowest BCUT2D eigenvalue weighted by Crippen LogP contribution is -2.21. The summed E-state index contributed by atoms with van der Waals surface area (Å²) in [6.07, 6.45) is 1.99. The smallest absolute Gasteiger partial charge is 0.245 e. The molecule has 0 saturated carbocycles. The molecule has 26 heavy (non-hydrogen) atoms. The predicted molar refractivity (Wildman–Crippen MR) is 108 cm³/mol. The minimum atomic E-state index is -0.138. The maximum atomic E-state index is 12.1. The molecule has 2 N–H and O–H groups in total. The molecule has 0 saturated heterocycles. The van der Waals surface area contributed by atoms with Crippen molar-refractivity contribution < 1.29 is 9.59 Å². The molecule has 0 aliphatic carbocycles. The largest absolute Gasteiger partial charge is 0.326 e. The van der Waals surface area contributed by atoms with Crippen LogP contribution < -0.4 is 10.7 Å². The van der Waals surface area contributed by atoms with Crippen LogP contribution in [0.5, 0.6) is 0 Å². The minimum Gasteiger partial charge on any atom is -0.326 e. The molecule has 1 aromatic carbocycles. The van der Waals surface area contributed by atoms with Gasteiger partial charge in [0.15, 0.2) is 0 Å². The molecule has 0 unspecified atom stereocenters. The molecule has 138 valence electrons. The lowest BCUT2D eigenvalue weighted by molar-refractivity contribution is -0.121. The Morgan fingerprint density at radius 3 is 2.38 bits per heavy atom. The van der Waals surface area contributed by atoms with Crippen LogP contribution in [0.15, 0.2) is 46.9 Å². The third-order valence-electron chi connectivity index (χ3n) is 4.19. The first-order valence-corrected chi connectivity index (χ1v) is 9.68. The number of amides is 2. The van der Waals surface area contributed by atoms with Crippen LogP contribution in [0.3, 0.4) is 0 Å². The molecule has 0 radical (unpaired) electrons. The summed E-state index contributed by atoms with van der Waals surface area (Å²) in [6.45, 7) is 5.87. The van der Waals surface area contributed by atoms with Crippen LogP contribution in [-0.2, 0) is 16.0 Å². The van der Waals surface area contributed by atoms with Crippen molar-refractivity contribution in [2.75, 3.05) is 5.32 Å². The zero-order chi connectivity index (χ0) is 18.9. The zero-order valence-electron chi connectivity index (χ0n) is 15.4. The van der Waals surface area contributed by atoms with Crippen LogP contribution in [0.2, 0.25) is 0 Å². The van der Waals surface area contributed by atoms with Gasteiger partial charge in [-0.3, -0.25) is 9.59 Å². The second-order valence-corrected chi connectivity index (χ2v) is 7.10. The van der Waals surface area contributed by atoms with E-state index in [1.807, 2.05) is 62.5 Å². The summed E-state index contributed by atoms with van der Waals surface area (Å²) in [5, 5.41) is 9.04. The Hall–Kier alpha value is -2.47. The standard InChI is InChI=1S/C20H25N3O2S/c1-4-15(5-2)20(25)21-17-10-8-16(9-11-17)14(3)22-23-19(24)13-18-7-6-12-26-18/h6-12,15H,4-5,13H2,1-3H3,(H,21,25)(H,23,24)/b22-14-. The van der Waals surface area contributed by atoms with Gasteiger partial charge in [-0.15, -0.1) is 11.3 Å². The molecule has 0 fully saturated rings. The number of carbonyl (C=O) groups is 2. The van der Waals surface area contributed by atoms with E-state index in [9.17, 15) is 9.59 Å². The van der Waals surface area contributed by atoms with Gasteiger partial charge < -0.3 is 5.32 Å². The van der Waals surface area contributed by atoms with Gasteiger partial charge >= 0.3 is 0 Å². The van der Waals surface area contributed by atoms with Crippen molar-refractivity contribution in [2.45, 2.75) is 40.0 Å². The molecular weight excluding hydrogens is 346 g/mol. The van der Waals surface area contributed by atoms with Crippen LogP contribution in [-0.4, -0.2) is 17.5 Å². The lowest BCUT2D eigenvalue weighted by atomic mass is 10.0. The summed E-state index contributed by atoms with van der Waals surface area (Å²) in [6, 6.07) is 11.3. The van der Waals surface area contributed by atoms with Crippen molar-refractivity contribution >= 4 is 34.6 Å². The van der Waals surface area contributed by atoms with Gasteiger partial charge in [0, 0.05) is 16.5 Å². The van der Waals surface area contributed by atoms with Gasteiger partial charge in [-0.2, -0.15) is 5.10 Å². The van der Waals surface area contributed by atoms with Gasteiger partial charge in [-0.05, 0) is 48.9 Å². The van der Waals surface area contributed by atoms with Crippen LogP contribution in [0.25, 0.3) is 0 Å². The van der Waals surface area contributed by atoms with E-state index in [4.69, 9.17) is 0 Å². The first-order valence-electron chi connectivity index (χ1n) is 8.80. The first-order chi connectivity index (χ1) is 12.5. The second kappa shape index (κ2) is 9.87. The Bertz CT molecular complexity index is 748. The number of anilines is 1. The maximum Gasteiger partial charge on any atom is 0.245 e. The molecular formula is C20H25N3O2S. The molecule has 2 rings (SSSR count). The number of hydrogen-bond acceptors (Lipinski definition) is 4. The van der Waals surface area contributed by atoms with Gasteiger partial charge in [0.25, 0.3) is 0 Å². The molecule has 0 bridgehead atoms. The summed E-state index contributed by atoms with van der Waals surface area (Å²) < 4.78 is 0. The van der Waals surface area contributed by atoms with E-state index in [1.165, 1.54) is 0 Å². The molecule has 6 heteroatoms. The van der Waals surface area contributed by atoms with Crippen molar-refractivity contribution in [3.63, 3.8) is 0 Å². The SMILES string of the molecule is CCC(CC)C(=O)Nc1ccc(/C(C)=N\NC(=O)Cc2cccs2)cc1. The van der Waals surface area contributed by atoms with Gasteiger partial charge in [-0.1, -0.05) is 32.0 Å². The maximum absolute atomic E-state index is 12.1. The van der Waals surface area contributed by atoms with E-state index in [0.29, 0.717) is 12.1 Å². The van der Waals surface area contributed by atoms with Crippen LogP contribution in [0.1, 0.15) is 44.1 Å². The fraction of sp³-hybridized carbons (Fsp3) is 0.350. The lowest BCUT2D eigenvalue weighted by Gasteiger charge is -2.13. The van der Waals surface area contributed by atoms with E-state index in [-0.39, 0.29) is 17.7 Å². The molecule has 2 aromatic rings. The molecule has 0 aliphatic rings. The zero-order valence-corrected chi connectivity index (χ0v) is 16.2. The average Bonchev–Trinajstić information content (AvgIpc) is 3.14. The summed E-state index contributed by atoms with van der Waals surface area (Å²) in [7, 11) is 0. The van der Waals surface area contributed by atoms with Crippen LogP contribution in [0.4, 0.5) is 5.69 Å². The second-order valence-electron chi connectivity index (χ2n) is 6.07. The Morgan fingerprint density at radius 2 is 1.81 bits per heavy atom. The van der Waals surface area contributed by atoms with Gasteiger partial charge in [0.1, 0.15) is 0 Å². The van der Waals surface area contributed by atoms with Crippen molar-refractivity contribution in [1.29, 1.82) is 0 Å². The third kappa shape index (κ3) is 5.81. The van der Waals surface area contributed by atoms with E-state index in [1.54, 1.807) is 11.3 Å². The van der Waals surface area contributed by atoms with E-state index >= 15 is 0 Å². The number of rotatable bonds is 8. The van der Waals surface area contributed by atoms with Crippen molar-refractivity contribution in [1.82, 2.24) is 5.43 Å². The quantitative estimate of drug-likeness (QED) is 0.539. The fourth-order valence-electron chi connectivity index (χ4n) is 2.52. The van der Waals surface area contributed by atoms with Crippen LogP contribution in [0, 0.1) is 5.92 Å². The van der Waals surface area contributed by atoms with Crippen molar-refractivity contribution in [3.8, 4) is 0 Å². The van der Waals surface area contributed by atoms with Crippen LogP contribution >= 0.6 is 11.3 Å². The predicted octanol–water partition coefficient (Wildman–Crippen LogP) is 4.21. The third-order valence-corrected chi connectivity index (χ3v) is 5.07. The highest BCUT2D eigenvalue weighted by atomic mass is 32.1. The van der Waals surface area contributed by atoms with Crippen molar-refractivity contribution in [2.24, 2.45) is 11.0 Å². The highest BCUT2D eigenvalue weighted by Gasteiger charge is 2.14. The van der Waals surface area contributed by atoms with Gasteiger partial charge in [0.05, 0.1) is 12.1 Å². The first kappa shape index (κ1) is 19.8. The fourth-order valence-corrected chi connectivity index (χ4v) is 3.22. The highest BCUT2D eigenvalue weighted by molar-refractivity contribution is 7.10. The number of carbonyl (C=O) groups excluding carboxylic acids is 2. The average molecular weight is 372 g/mol. The summed E-state index contributed by atoms with van der Waals surface area (Å²) in [4.78, 5) is 25.0. The topological polar surface area (TPSA) is 70.6 Å². The summed E-state index contributed by atoms with van der Waals surface area (Å²) in [5.41, 5.74) is 4.95. The number of hydrogen-bond donors (Lipinski definition) is 2. The Labute approximate surface area is 158 Å². The molecule has 5 nitrogen and oxygen atoms in total. The van der Waals surface area contributed by atoms with E-state index in [0.717, 1.165) is 29.0 Å². The highest BCUT2D eigenvalue weighted by Crippen LogP contribution is 2.15. The number of hydrazone groups is 1. The monoisotopic (exact) mass is 371 g/mol. The summed E-state index contributed by atoms with van der Waals surface area (Å²) >= 11 is 1.55. The summed E-state index contributed by atoms with van der Waals surface area (Å²) in [5.74, 6) is -0.0497. The molecule has 0 atom stereocenters. The Morgan fingerprint density at radius 1 is 1.12 bits per heavy atom. The van der Waals surface area contributed by atoms with E-state index < -0.39 is 0 Å². The Balaban J connectivity index is 1.92. The van der Waals surface area contributed by atoms with Gasteiger partial charge in [0.2, 0.25) is 11.8 Å². The number of nitrogens with zero attached hydrogens (tertiary/aromatic N) is 1. The van der Waals surface area contributed by atoms with Crippen molar-refractivity contribution in [3.05, 3.63) is 52.2 Å². The molecule has 1 aromatic heterocycles.